The number of hydrogen-bond donors (Lipinski definition) is 1. The first-order valence-corrected chi connectivity index (χ1v) is 13.2. The third-order valence-electron chi connectivity index (χ3n) is 6.36. The van der Waals surface area contributed by atoms with Crippen molar-refractivity contribution in [2.45, 2.75) is 18.2 Å². The van der Waals surface area contributed by atoms with Gasteiger partial charge in [-0.1, -0.05) is 12.1 Å². The van der Waals surface area contributed by atoms with E-state index in [1.54, 1.807) is 24.5 Å². The molecule has 2 aliphatic heterocycles. The topological polar surface area (TPSA) is 101 Å². The number of ether oxygens (including phenoxy) is 2. The van der Waals surface area contributed by atoms with Crippen molar-refractivity contribution in [2.24, 2.45) is 0 Å². The minimum atomic E-state index is -3.71. The molecule has 0 bridgehead atoms. The maximum absolute atomic E-state index is 13.3. The standard InChI is InChI=1S/C25H29N3O6S/c1-18-2-4-21-19(17-34-24(21)14-18)15-25(29)26-22-16-20(35(30,31)28-8-12-33-13-9-28)3-5-23(22)27-6-10-32-11-7-27/h2-5,14,16-17H,6-13,15H2,1H3,(H,26,29). The predicted molar refractivity (Wildman–Crippen MR) is 132 cm³/mol. The molecule has 3 heterocycles. The third-order valence-corrected chi connectivity index (χ3v) is 8.26. The number of anilines is 2. The highest BCUT2D eigenvalue weighted by molar-refractivity contribution is 7.89. The predicted octanol–water partition coefficient (Wildman–Crippen LogP) is 2.78. The molecule has 2 fully saturated rings. The Hall–Kier alpha value is -2.92. The molecule has 186 valence electrons. The zero-order valence-electron chi connectivity index (χ0n) is 19.7. The number of aryl methyl sites for hydroxylation is 1. The highest BCUT2D eigenvalue weighted by atomic mass is 32.2. The van der Waals surface area contributed by atoms with Crippen molar-refractivity contribution in [1.82, 2.24) is 4.31 Å². The van der Waals surface area contributed by atoms with Crippen LogP contribution >= 0.6 is 0 Å². The second-order valence-electron chi connectivity index (χ2n) is 8.78. The number of benzene rings is 2. The largest absolute Gasteiger partial charge is 0.464 e. The molecule has 1 N–H and O–H groups in total. The van der Waals surface area contributed by atoms with Gasteiger partial charge in [-0.15, -0.1) is 0 Å². The lowest BCUT2D eigenvalue weighted by Gasteiger charge is -2.31. The number of sulfonamides is 1. The van der Waals surface area contributed by atoms with Crippen LogP contribution < -0.4 is 10.2 Å². The minimum Gasteiger partial charge on any atom is -0.464 e. The van der Waals surface area contributed by atoms with E-state index in [0.29, 0.717) is 58.3 Å². The smallest absolute Gasteiger partial charge is 0.243 e. The second-order valence-corrected chi connectivity index (χ2v) is 10.7. The molecule has 9 nitrogen and oxygen atoms in total. The molecule has 5 rings (SSSR count). The van der Waals surface area contributed by atoms with Gasteiger partial charge in [0.05, 0.1) is 55.4 Å². The van der Waals surface area contributed by atoms with Crippen molar-refractivity contribution in [1.29, 1.82) is 0 Å². The van der Waals surface area contributed by atoms with Crippen LogP contribution in [0.3, 0.4) is 0 Å². The van der Waals surface area contributed by atoms with E-state index in [0.717, 1.165) is 27.8 Å². The molecule has 3 aromatic rings. The van der Waals surface area contributed by atoms with Crippen molar-refractivity contribution in [3.63, 3.8) is 0 Å². The maximum atomic E-state index is 13.3. The Morgan fingerprint density at radius 2 is 1.69 bits per heavy atom. The molecule has 1 amide bonds. The van der Waals surface area contributed by atoms with Crippen molar-refractivity contribution >= 4 is 38.3 Å². The van der Waals surface area contributed by atoms with Crippen molar-refractivity contribution in [3.05, 3.63) is 53.8 Å². The number of nitrogens with one attached hydrogen (secondary N) is 1. The van der Waals surface area contributed by atoms with E-state index >= 15 is 0 Å². The molecule has 2 saturated heterocycles. The highest BCUT2D eigenvalue weighted by Crippen LogP contribution is 2.32. The number of morpholine rings is 2. The molecule has 2 aliphatic rings. The van der Waals surface area contributed by atoms with Crippen molar-refractivity contribution in [2.75, 3.05) is 62.8 Å². The fourth-order valence-corrected chi connectivity index (χ4v) is 5.92. The van der Waals surface area contributed by atoms with Gasteiger partial charge in [0.2, 0.25) is 15.9 Å². The molecule has 0 aliphatic carbocycles. The summed E-state index contributed by atoms with van der Waals surface area (Å²) >= 11 is 0. The Balaban J connectivity index is 1.43. The summed E-state index contributed by atoms with van der Waals surface area (Å²) in [5.74, 6) is -0.247. The van der Waals surface area contributed by atoms with Crippen LogP contribution in [-0.4, -0.2) is 71.2 Å². The normalized spacial score (nSPS) is 17.6. The summed E-state index contributed by atoms with van der Waals surface area (Å²) in [6.45, 7) is 5.79. The number of rotatable bonds is 6. The summed E-state index contributed by atoms with van der Waals surface area (Å²) in [5, 5.41) is 3.86. The number of hydrogen-bond acceptors (Lipinski definition) is 7. The number of amides is 1. The van der Waals surface area contributed by atoms with Crippen LogP contribution in [0, 0.1) is 6.92 Å². The van der Waals surface area contributed by atoms with E-state index in [4.69, 9.17) is 13.9 Å². The third kappa shape index (κ3) is 5.06. The first-order chi connectivity index (χ1) is 16.9. The number of nitrogens with zero attached hydrogens (tertiary/aromatic N) is 2. The van der Waals surface area contributed by atoms with Gasteiger partial charge in [0.15, 0.2) is 0 Å². The van der Waals surface area contributed by atoms with Crippen LogP contribution in [0.5, 0.6) is 0 Å². The Morgan fingerprint density at radius 3 is 2.43 bits per heavy atom. The molecule has 0 radical (unpaired) electrons. The molecule has 0 saturated carbocycles. The van der Waals surface area contributed by atoms with Crippen LogP contribution in [0.25, 0.3) is 11.0 Å². The lowest BCUT2D eigenvalue weighted by atomic mass is 10.1. The average molecular weight is 500 g/mol. The second kappa shape index (κ2) is 9.98. The molecule has 35 heavy (non-hydrogen) atoms. The van der Waals surface area contributed by atoms with Crippen LogP contribution in [-0.2, 0) is 30.7 Å². The Kier molecular flexibility index (Phi) is 6.79. The molecular formula is C25H29N3O6S. The van der Waals surface area contributed by atoms with E-state index in [1.807, 2.05) is 25.1 Å². The van der Waals surface area contributed by atoms with E-state index in [2.05, 4.69) is 10.2 Å². The van der Waals surface area contributed by atoms with E-state index in [9.17, 15) is 13.2 Å². The van der Waals surface area contributed by atoms with Gasteiger partial charge in [0, 0.05) is 37.1 Å². The fraction of sp³-hybridized carbons (Fsp3) is 0.400. The zero-order valence-corrected chi connectivity index (χ0v) is 20.5. The van der Waals surface area contributed by atoms with E-state index in [1.165, 1.54) is 4.31 Å². The molecule has 0 unspecified atom stereocenters. The van der Waals surface area contributed by atoms with E-state index < -0.39 is 10.0 Å². The van der Waals surface area contributed by atoms with Gasteiger partial charge >= 0.3 is 0 Å². The summed E-state index contributed by atoms with van der Waals surface area (Å²) in [6, 6.07) is 10.8. The van der Waals surface area contributed by atoms with Gasteiger partial charge < -0.3 is 24.1 Å². The molecule has 0 atom stereocenters. The zero-order chi connectivity index (χ0) is 24.4. The van der Waals surface area contributed by atoms with Gasteiger partial charge in [-0.2, -0.15) is 4.31 Å². The average Bonchev–Trinajstić information content (AvgIpc) is 3.26. The van der Waals surface area contributed by atoms with Crippen molar-refractivity contribution < 1.29 is 27.1 Å². The summed E-state index contributed by atoms with van der Waals surface area (Å²) in [5.41, 5.74) is 3.84. The van der Waals surface area contributed by atoms with Gasteiger partial charge in [0.1, 0.15) is 5.58 Å². The van der Waals surface area contributed by atoms with Gasteiger partial charge in [-0.25, -0.2) is 8.42 Å². The molecule has 1 aromatic heterocycles. The Bertz CT molecular complexity index is 1320. The van der Waals surface area contributed by atoms with Crippen LogP contribution in [0.4, 0.5) is 11.4 Å². The number of carbonyl (C=O) groups is 1. The first kappa shape index (κ1) is 23.8. The lowest BCUT2D eigenvalue weighted by Crippen LogP contribution is -2.40. The lowest BCUT2D eigenvalue weighted by molar-refractivity contribution is -0.115. The van der Waals surface area contributed by atoms with Crippen LogP contribution in [0.15, 0.2) is 52.0 Å². The fourth-order valence-electron chi connectivity index (χ4n) is 4.49. The summed E-state index contributed by atoms with van der Waals surface area (Å²) in [4.78, 5) is 15.4. The number of carbonyl (C=O) groups excluding carboxylic acids is 1. The molecule has 10 heteroatoms. The molecule has 2 aromatic carbocycles. The van der Waals surface area contributed by atoms with Gasteiger partial charge in [0.25, 0.3) is 0 Å². The minimum absolute atomic E-state index is 0.110. The number of fused-ring (bicyclic) bond motifs is 1. The first-order valence-electron chi connectivity index (χ1n) is 11.7. The maximum Gasteiger partial charge on any atom is 0.243 e. The quantitative estimate of drug-likeness (QED) is 0.557. The summed E-state index contributed by atoms with van der Waals surface area (Å²) in [7, 11) is -3.71. The monoisotopic (exact) mass is 499 g/mol. The Labute approximate surface area is 204 Å². The van der Waals surface area contributed by atoms with Gasteiger partial charge in [-0.3, -0.25) is 4.79 Å². The highest BCUT2D eigenvalue weighted by Gasteiger charge is 2.28. The Morgan fingerprint density at radius 1 is 0.971 bits per heavy atom. The SMILES string of the molecule is Cc1ccc2c(CC(=O)Nc3cc(S(=O)(=O)N4CCOCC4)ccc3N3CCOCC3)coc2c1. The van der Waals surface area contributed by atoms with Crippen LogP contribution in [0.1, 0.15) is 11.1 Å². The van der Waals surface area contributed by atoms with E-state index in [-0.39, 0.29) is 17.2 Å². The van der Waals surface area contributed by atoms with Gasteiger partial charge in [-0.05, 0) is 36.8 Å². The summed E-state index contributed by atoms with van der Waals surface area (Å²) < 4.78 is 44.3. The number of furan rings is 1. The summed E-state index contributed by atoms with van der Waals surface area (Å²) in [6.07, 6.45) is 1.71. The molecular weight excluding hydrogens is 470 g/mol. The van der Waals surface area contributed by atoms with Crippen LogP contribution in [0.2, 0.25) is 0 Å². The molecule has 0 spiro atoms. The van der Waals surface area contributed by atoms with Crippen molar-refractivity contribution in [3.8, 4) is 0 Å².